The number of carbonyl (C=O) groups excluding carboxylic acids is 1. The zero-order chi connectivity index (χ0) is 19.3. The molecular formula is C19H19FN2O3S2. The Morgan fingerprint density at radius 3 is 2.11 bits per heavy atom. The largest absolute Gasteiger partial charge is 0.371 e. The van der Waals surface area contributed by atoms with Crippen LogP contribution in [0.25, 0.3) is 0 Å². The highest BCUT2D eigenvalue weighted by atomic mass is 33.1. The van der Waals surface area contributed by atoms with Gasteiger partial charge in [-0.05, 0) is 49.2 Å². The normalized spacial score (nSPS) is 14.6. The molecule has 0 spiro atoms. The molecule has 0 aliphatic carbocycles. The van der Waals surface area contributed by atoms with E-state index in [4.69, 9.17) is 0 Å². The molecule has 1 fully saturated rings. The molecule has 0 aromatic heterocycles. The van der Waals surface area contributed by atoms with E-state index >= 15 is 0 Å². The maximum Gasteiger partial charge on any atom is 0.234 e. The number of ketones is 1. The highest BCUT2D eigenvalue weighted by Crippen LogP contribution is 2.33. The average Bonchev–Trinajstić information content (AvgIpc) is 2.96. The molecule has 0 bridgehead atoms. The van der Waals surface area contributed by atoms with Crippen LogP contribution in [0.15, 0.2) is 70.2 Å². The van der Waals surface area contributed by atoms with Crippen molar-refractivity contribution in [1.82, 2.24) is 10.6 Å². The van der Waals surface area contributed by atoms with Crippen molar-refractivity contribution in [2.75, 3.05) is 13.1 Å². The minimum absolute atomic E-state index is 0.0485. The molecule has 2 aromatic rings. The molecule has 0 amide bonds. The van der Waals surface area contributed by atoms with E-state index in [9.17, 15) is 17.6 Å². The topological polar surface area (TPSA) is 75.3 Å². The lowest BCUT2D eigenvalue weighted by atomic mass is 10.1. The Kier molecular flexibility index (Phi) is 6.18. The third kappa shape index (κ3) is 4.90. The summed E-state index contributed by atoms with van der Waals surface area (Å²) in [5.74, 6) is -0.543. The maximum atomic E-state index is 13.2. The highest BCUT2D eigenvalue weighted by molar-refractivity contribution is 8.73. The summed E-state index contributed by atoms with van der Waals surface area (Å²) in [6, 6.07) is 13.0. The molecule has 1 aliphatic rings. The molecule has 0 atom stereocenters. The first-order valence-corrected chi connectivity index (χ1v) is 11.3. The third-order valence-electron chi connectivity index (χ3n) is 3.97. The molecule has 1 aliphatic heterocycles. The predicted octanol–water partition coefficient (Wildman–Crippen LogP) is 3.27. The van der Waals surface area contributed by atoms with Crippen molar-refractivity contribution < 1.29 is 17.6 Å². The number of Topliss-reactive ketones (excluding diaryl/α,β-unsaturated/α-hetero) is 1. The molecule has 142 valence electrons. The van der Waals surface area contributed by atoms with Crippen LogP contribution in [0.5, 0.6) is 0 Å². The van der Waals surface area contributed by atoms with E-state index in [0.29, 0.717) is 29.7 Å². The Hall–Kier alpha value is -2.32. The van der Waals surface area contributed by atoms with Gasteiger partial charge in [-0.15, -0.1) is 0 Å². The van der Waals surface area contributed by atoms with E-state index in [1.165, 1.54) is 36.4 Å². The Labute approximate surface area is 161 Å². The molecule has 5 nitrogen and oxygen atoms in total. The highest BCUT2D eigenvalue weighted by Gasteiger charge is 2.27. The number of halogens is 1. The second-order valence-corrected chi connectivity index (χ2v) is 9.72. The minimum Gasteiger partial charge on any atom is -0.371 e. The summed E-state index contributed by atoms with van der Waals surface area (Å²) in [5.41, 5.74) is 0.225. The van der Waals surface area contributed by atoms with Crippen molar-refractivity contribution in [1.29, 1.82) is 0 Å². The molecule has 1 saturated heterocycles. The van der Waals surface area contributed by atoms with Crippen LogP contribution >= 0.6 is 10.8 Å². The molecule has 2 N–H and O–H groups in total. The van der Waals surface area contributed by atoms with Crippen LogP contribution in [0, 0.1) is 5.82 Å². The lowest BCUT2D eigenvalue weighted by Crippen LogP contribution is -2.27. The van der Waals surface area contributed by atoms with E-state index < -0.39 is 20.5 Å². The zero-order valence-electron chi connectivity index (χ0n) is 14.4. The molecular weight excluding hydrogens is 387 g/mol. The quantitative estimate of drug-likeness (QED) is 0.451. The van der Waals surface area contributed by atoms with Gasteiger partial charge in [-0.1, -0.05) is 18.2 Å². The number of benzene rings is 2. The molecule has 0 saturated carbocycles. The van der Waals surface area contributed by atoms with Gasteiger partial charge in [-0.3, -0.25) is 4.79 Å². The van der Waals surface area contributed by atoms with Crippen molar-refractivity contribution in [2.24, 2.45) is 0 Å². The summed E-state index contributed by atoms with van der Waals surface area (Å²) in [6.45, 7) is 1.27. The van der Waals surface area contributed by atoms with E-state index in [2.05, 4.69) is 10.6 Å². The number of carbonyl (C=O) groups is 1. The summed E-state index contributed by atoms with van der Waals surface area (Å²) < 4.78 is 38.8. The van der Waals surface area contributed by atoms with Crippen LogP contribution in [0.3, 0.4) is 0 Å². The first kappa shape index (κ1) is 19.4. The predicted molar refractivity (Wildman–Crippen MR) is 104 cm³/mol. The fraction of sp³-hybridized carbons (Fsp3) is 0.211. The second kappa shape index (κ2) is 8.58. The van der Waals surface area contributed by atoms with E-state index in [1.54, 1.807) is 18.2 Å². The molecule has 0 radical (unpaired) electrons. The minimum atomic E-state index is -3.80. The van der Waals surface area contributed by atoms with Gasteiger partial charge in [0.2, 0.25) is 14.7 Å². The summed E-state index contributed by atoms with van der Waals surface area (Å²) in [4.78, 5) is 13.2. The van der Waals surface area contributed by atoms with Crippen molar-refractivity contribution in [2.45, 2.75) is 17.7 Å². The first-order chi connectivity index (χ1) is 13.0. The summed E-state index contributed by atoms with van der Waals surface area (Å²) in [6.07, 6.45) is 1.81. The summed E-state index contributed by atoms with van der Waals surface area (Å²) in [7, 11) is -3.29. The van der Waals surface area contributed by atoms with Crippen molar-refractivity contribution in [3.8, 4) is 0 Å². The molecule has 2 aromatic carbocycles. The fourth-order valence-electron chi connectivity index (χ4n) is 2.57. The van der Waals surface area contributed by atoms with Crippen LogP contribution in [-0.2, 0) is 8.87 Å². The maximum absolute atomic E-state index is 13.2. The number of hydrogen-bond donors (Lipinski definition) is 2. The molecule has 0 unspecified atom stereocenters. The number of allylic oxidation sites excluding steroid dienone is 1. The van der Waals surface area contributed by atoms with Gasteiger partial charge in [0.1, 0.15) is 16.5 Å². The lowest BCUT2D eigenvalue weighted by Gasteiger charge is -2.15. The van der Waals surface area contributed by atoms with Crippen molar-refractivity contribution >= 4 is 25.4 Å². The van der Waals surface area contributed by atoms with Crippen LogP contribution < -0.4 is 10.6 Å². The second-order valence-electron chi connectivity index (χ2n) is 5.95. The zero-order valence-corrected chi connectivity index (χ0v) is 16.1. The molecule has 1 heterocycles. The Morgan fingerprint density at radius 2 is 1.52 bits per heavy atom. The molecule has 8 heteroatoms. The van der Waals surface area contributed by atoms with Gasteiger partial charge in [-0.2, -0.15) is 0 Å². The van der Waals surface area contributed by atoms with Crippen LogP contribution in [0.1, 0.15) is 23.2 Å². The van der Waals surface area contributed by atoms with Gasteiger partial charge in [0.15, 0.2) is 0 Å². The fourth-order valence-corrected chi connectivity index (χ4v) is 5.55. The average molecular weight is 407 g/mol. The van der Waals surface area contributed by atoms with Crippen LogP contribution in [0.2, 0.25) is 0 Å². The summed E-state index contributed by atoms with van der Waals surface area (Å²) >= 11 is 0. The van der Waals surface area contributed by atoms with Gasteiger partial charge in [0, 0.05) is 29.4 Å². The van der Waals surface area contributed by atoms with Gasteiger partial charge in [0.25, 0.3) is 0 Å². The monoisotopic (exact) mass is 406 g/mol. The summed E-state index contributed by atoms with van der Waals surface area (Å²) in [5, 5.41) is 6.21. The third-order valence-corrected chi connectivity index (χ3v) is 7.33. The number of hydrogen-bond acceptors (Lipinski definition) is 6. The van der Waals surface area contributed by atoms with Gasteiger partial charge < -0.3 is 10.6 Å². The molecule has 27 heavy (non-hydrogen) atoms. The number of nitrogens with one attached hydrogen (secondary N) is 2. The van der Waals surface area contributed by atoms with E-state index in [1.807, 2.05) is 0 Å². The Bertz CT molecular complexity index is 933. The van der Waals surface area contributed by atoms with Crippen molar-refractivity contribution in [3.63, 3.8) is 0 Å². The van der Waals surface area contributed by atoms with E-state index in [-0.39, 0.29) is 15.4 Å². The molecule has 3 rings (SSSR count). The van der Waals surface area contributed by atoms with Crippen LogP contribution in [0.4, 0.5) is 4.39 Å². The van der Waals surface area contributed by atoms with Gasteiger partial charge in [-0.25, -0.2) is 12.8 Å². The lowest BCUT2D eigenvalue weighted by molar-refractivity contribution is 0.104. The van der Waals surface area contributed by atoms with Crippen molar-refractivity contribution in [3.05, 3.63) is 76.7 Å². The smallest absolute Gasteiger partial charge is 0.234 e. The standard InChI is InChI=1S/C19H19FN2O3S2/c20-15-10-8-14(9-11-15)17(23)18(19-21-12-4-5-13-22-19)26-27(24,25)16-6-2-1-3-7-16/h1-3,6-11,21-22H,4-5,12-13H2. The first-order valence-electron chi connectivity index (χ1n) is 8.49. The number of rotatable bonds is 5. The van der Waals surface area contributed by atoms with Crippen LogP contribution in [-0.4, -0.2) is 27.3 Å². The van der Waals surface area contributed by atoms with Gasteiger partial charge in [0.05, 0.1) is 4.90 Å². The van der Waals surface area contributed by atoms with Gasteiger partial charge >= 0.3 is 0 Å². The Morgan fingerprint density at radius 1 is 0.926 bits per heavy atom. The Balaban J connectivity index is 2.01. The van der Waals surface area contributed by atoms with E-state index in [0.717, 1.165) is 12.8 Å². The SMILES string of the molecule is O=C(C(SS(=O)(=O)c1ccccc1)=C1NCCCCN1)c1ccc(F)cc1.